The highest BCUT2D eigenvalue weighted by Crippen LogP contribution is 2.18. The Morgan fingerprint density at radius 2 is 2.00 bits per heavy atom. The largest absolute Gasteiger partial charge is 0.493 e. The number of rotatable bonds is 6. The zero-order chi connectivity index (χ0) is 14.4. The molecule has 0 saturated heterocycles. The number of aliphatic carboxylic acids is 1. The summed E-state index contributed by atoms with van der Waals surface area (Å²) in [4.78, 5) is 22.3. The quantitative estimate of drug-likeness (QED) is 0.774. The van der Waals surface area contributed by atoms with Crippen molar-refractivity contribution >= 4 is 17.6 Å². The maximum Gasteiger partial charge on any atom is 0.315 e. The van der Waals surface area contributed by atoms with Crippen LogP contribution in [0.4, 0.5) is 5.69 Å². The highest BCUT2D eigenvalue weighted by molar-refractivity contribution is 6.03. The number of hydrogen-bond donors (Lipinski definition) is 2. The average Bonchev–Trinajstić information content (AvgIpc) is 2.35. The molecule has 0 saturated carbocycles. The molecule has 5 nitrogen and oxygen atoms in total. The first-order valence-electron chi connectivity index (χ1n) is 6.16. The lowest BCUT2D eigenvalue weighted by molar-refractivity contribution is -0.144. The van der Waals surface area contributed by atoms with Crippen molar-refractivity contribution in [2.24, 2.45) is 11.8 Å². The van der Waals surface area contributed by atoms with Gasteiger partial charge in [0, 0.05) is 11.8 Å². The van der Waals surface area contributed by atoms with Crippen LogP contribution in [0, 0.1) is 11.8 Å². The van der Waals surface area contributed by atoms with Crippen LogP contribution in [0.5, 0.6) is 5.75 Å². The van der Waals surface area contributed by atoms with Gasteiger partial charge in [-0.2, -0.15) is 0 Å². The van der Waals surface area contributed by atoms with Crippen LogP contribution in [-0.4, -0.2) is 23.6 Å². The molecule has 0 heterocycles. The third-order valence-corrected chi connectivity index (χ3v) is 2.45. The number of anilines is 1. The van der Waals surface area contributed by atoms with Gasteiger partial charge in [-0.05, 0) is 25.0 Å². The van der Waals surface area contributed by atoms with Crippen LogP contribution in [0.25, 0.3) is 0 Å². The molecule has 19 heavy (non-hydrogen) atoms. The van der Waals surface area contributed by atoms with Crippen molar-refractivity contribution in [3.8, 4) is 5.75 Å². The van der Waals surface area contributed by atoms with Crippen LogP contribution in [0.3, 0.4) is 0 Å². The van der Waals surface area contributed by atoms with E-state index in [0.717, 1.165) is 0 Å². The Labute approximate surface area is 112 Å². The monoisotopic (exact) mass is 265 g/mol. The number of carboxylic acids is 1. The van der Waals surface area contributed by atoms with Gasteiger partial charge in [0.1, 0.15) is 11.7 Å². The zero-order valence-corrected chi connectivity index (χ0v) is 11.3. The molecule has 0 fully saturated rings. The van der Waals surface area contributed by atoms with Gasteiger partial charge in [0.05, 0.1) is 6.61 Å². The van der Waals surface area contributed by atoms with Gasteiger partial charge in [0.2, 0.25) is 5.91 Å². The number of carboxylic acid groups (broad SMARTS) is 1. The summed E-state index contributed by atoms with van der Waals surface area (Å²) in [6.45, 7) is 6.01. The summed E-state index contributed by atoms with van der Waals surface area (Å²) in [7, 11) is 0. The Hall–Kier alpha value is -2.04. The third-order valence-electron chi connectivity index (χ3n) is 2.45. The Morgan fingerprint density at radius 1 is 1.32 bits per heavy atom. The van der Waals surface area contributed by atoms with Crippen LogP contribution >= 0.6 is 0 Å². The summed E-state index contributed by atoms with van der Waals surface area (Å²) < 4.78 is 5.53. The van der Waals surface area contributed by atoms with Gasteiger partial charge in [0.15, 0.2) is 0 Å². The molecule has 0 spiro atoms. The van der Waals surface area contributed by atoms with Crippen LogP contribution in [0.1, 0.15) is 20.8 Å². The van der Waals surface area contributed by atoms with Gasteiger partial charge in [-0.3, -0.25) is 9.59 Å². The number of carbonyl (C=O) groups excluding carboxylic acids is 1. The lowest BCUT2D eigenvalue weighted by Gasteiger charge is -2.11. The summed E-state index contributed by atoms with van der Waals surface area (Å²) in [5, 5.41) is 11.3. The lowest BCUT2D eigenvalue weighted by atomic mass is 10.1. The second kappa shape index (κ2) is 6.78. The van der Waals surface area contributed by atoms with Gasteiger partial charge in [-0.15, -0.1) is 0 Å². The van der Waals surface area contributed by atoms with Gasteiger partial charge >= 0.3 is 5.97 Å². The summed E-state index contributed by atoms with van der Waals surface area (Å²) in [6, 6.07) is 6.90. The maximum atomic E-state index is 11.6. The van der Waals surface area contributed by atoms with E-state index in [1.807, 2.05) is 13.8 Å². The molecule has 0 bridgehead atoms. The summed E-state index contributed by atoms with van der Waals surface area (Å²) in [6.07, 6.45) is 0. The number of amides is 1. The molecule has 104 valence electrons. The summed E-state index contributed by atoms with van der Waals surface area (Å²) in [5.74, 6) is -1.72. The number of benzene rings is 1. The van der Waals surface area contributed by atoms with E-state index < -0.39 is 17.8 Å². The minimum atomic E-state index is -1.15. The predicted octanol–water partition coefficient (Wildman–Crippen LogP) is 2.38. The van der Waals surface area contributed by atoms with E-state index in [0.29, 0.717) is 24.0 Å². The van der Waals surface area contributed by atoms with Crippen molar-refractivity contribution in [2.45, 2.75) is 20.8 Å². The first kappa shape index (κ1) is 15.0. The summed E-state index contributed by atoms with van der Waals surface area (Å²) in [5.41, 5.74) is 0.527. The van der Waals surface area contributed by atoms with Crippen molar-refractivity contribution in [3.05, 3.63) is 24.3 Å². The zero-order valence-electron chi connectivity index (χ0n) is 11.3. The molecule has 1 rings (SSSR count). The number of hydrogen-bond acceptors (Lipinski definition) is 3. The normalized spacial score (nSPS) is 12.0. The second-order valence-electron chi connectivity index (χ2n) is 4.78. The molecular weight excluding hydrogens is 246 g/mol. The van der Waals surface area contributed by atoms with E-state index >= 15 is 0 Å². The second-order valence-corrected chi connectivity index (χ2v) is 4.78. The minimum absolute atomic E-state index is 0.408. The van der Waals surface area contributed by atoms with E-state index in [1.54, 1.807) is 24.3 Å². The predicted molar refractivity (Wildman–Crippen MR) is 72.2 cm³/mol. The fourth-order valence-corrected chi connectivity index (χ4v) is 1.29. The molecule has 1 atom stereocenters. The van der Waals surface area contributed by atoms with Gasteiger partial charge < -0.3 is 15.2 Å². The fourth-order valence-electron chi connectivity index (χ4n) is 1.29. The average molecular weight is 265 g/mol. The smallest absolute Gasteiger partial charge is 0.315 e. The Kier molecular flexibility index (Phi) is 5.36. The molecule has 1 unspecified atom stereocenters. The standard InChI is InChI=1S/C14H19NO4/c1-9(2)8-19-12-6-4-5-11(7-12)15-13(16)10(3)14(17)18/h4-7,9-10H,8H2,1-3H3,(H,15,16)(H,17,18). The molecule has 0 aromatic heterocycles. The highest BCUT2D eigenvalue weighted by Gasteiger charge is 2.20. The van der Waals surface area contributed by atoms with E-state index in [4.69, 9.17) is 9.84 Å². The fraction of sp³-hybridized carbons (Fsp3) is 0.429. The van der Waals surface area contributed by atoms with Crippen LogP contribution in [0.15, 0.2) is 24.3 Å². The topological polar surface area (TPSA) is 75.6 Å². The van der Waals surface area contributed by atoms with E-state index in [-0.39, 0.29) is 0 Å². The Bertz CT molecular complexity index is 457. The molecule has 0 aliphatic heterocycles. The molecule has 1 aromatic rings. The van der Waals surface area contributed by atoms with Crippen molar-refractivity contribution in [1.82, 2.24) is 0 Å². The van der Waals surface area contributed by atoms with Gasteiger partial charge in [-0.1, -0.05) is 19.9 Å². The van der Waals surface area contributed by atoms with Gasteiger partial charge in [-0.25, -0.2) is 0 Å². The molecule has 0 aliphatic rings. The molecule has 0 aliphatic carbocycles. The van der Waals surface area contributed by atoms with Crippen molar-refractivity contribution in [3.63, 3.8) is 0 Å². The SMILES string of the molecule is CC(C)COc1cccc(NC(=O)C(C)C(=O)O)c1. The number of ether oxygens (including phenoxy) is 1. The molecule has 0 radical (unpaired) electrons. The van der Waals surface area contributed by atoms with Crippen LogP contribution < -0.4 is 10.1 Å². The molecule has 5 heteroatoms. The van der Waals surface area contributed by atoms with Crippen LogP contribution in [-0.2, 0) is 9.59 Å². The number of nitrogens with one attached hydrogen (secondary N) is 1. The van der Waals surface area contributed by atoms with Gasteiger partial charge in [0.25, 0.3) is 0 Å². The lowest BCUT2D eigenvalue weighted by Crippen LogP contribution is -2.26. The van der Waals surface area contributed by atoms with E-state index in [9.17, 15) is 9.59 Å². The third kappa shape index (κ3) is 4.99. The highest BCUT2D eigenvalue weighted by atomic mass is 16.5. The minimum Gasteiger partial charge on any atom is -0.493 e. The van der Waals surface area contributed by atoms with Crippen molar-refractivity contribution in [2.75, 3.05) is 11.9 Å². The molecular formula is C14H19NO4. The maximum absolute atomic E-state index is 11.6. The van der Waals surface area contributed by atoms with Crippen molar-refractivity contribution in [1.29, 1.82) is 0 Å². The Balaban J connectivity index is 2.66. The first-order chi connectivity index (χ1) is 8.90. The molecule has 1 aromatic carbocycles. The van der Waals surface area contributed by atoms with Crippen molar-refractivity contribution < 1.29 is 19.4 Å². The van der Waals surface area contributed by atoms with Crippen LogP contribution in [0.2, 0.25) is 0 Å². The first-order valence-corrected chi connectivity index (χ1v) is 6.16. The Morgan fingerprint density at radius 3 is 2.58 bits per heavy atom. The summed E-state index contributed by atoms with van der Waals surface area (Å²) >= 11 is 0. The molecule has 2 N–H and O–H groups in total. The molecule has 1 amide bonds. The van der Waals surface area contributed by atoms with E-state index in [1.165, 1.54) is 6.92 Å². The number of carbonyl (C=O) groups is 2. The van der Waals surface area contributed by atoms with E-state index in [2.05, 4.69) is 5.32 Å².